The number of aromatic amines is 2. The zero-order valence-corrected chi connectivity index (χ0v) is 14.7. The van der Waals surface area contributed by atoms with E-state index in [1.165, 1.54) is 12.1 Å². The Morgan fingerprint density at radius 2 is 2.08 bits per heavy atom. The molecule has 2 aromatic carbocycles. The number of H-pyrrole nitrogens is 2. The van der Waals surface area contributed by atoms with Crippen molar-refractivity contribution in [1.82, 2.24) is 15.3 Å². The van der Waals surface area contributed by atoms with E-state index in [0.29, 0.717) is 22.2 Å². The third-order valence-electron chi connectivity index (χ3n) is 3.68. The molecule has 3 rings (SSSR count). The standard InChI is InChI=1S/C18H16FN3O3S/c1-10(9-25-13-4-2-3-12(19)8-13)20-16(23)11-5-6-14-15(7-11)21-18(26)22-17(14)24/h2-8,10H,9H2,1H3,(H,20,23)(H2,21,22,24,26)/t10-/m1/s1. The van der Waals surface area contributed by atoms with Gasteiger partial charge in [0.2, 0.25) is 0 Å². The molecule has 0 radical (unpaired) electrons. The second-order valence-electron chi connectivity index (χ2n) is 5.81. The number of carbonyl (C=O) groups excluding carboxylic acids is 1. The van der Waals surface area contributed by atoms with Gasteiger partial charge in [0, 0.05) is 11.6 Å². The summed E-state index contributed by atoms with van der Waals surface area (Å²) in [6, 6.07) is 10.2. The number of amides is 1. The van der Waals surface area contributed by atoms with Crippen LogP contribution >= 0.6 is 12.2 Å². The predicted molar refractivity (Wildman–Crippen MR) is 98.6 cm³/mol. The molecule has 1 aromatic heterocycles. The monoisotopic (exact) mass is 373 g/mol. The van der Waals surface area contributed by atoms with Crippen LogP contribution in [0.1, 0.15) is 17.3 Å². The van der Waals surface area contributed by atoms with E-state index in [0.717, 1.165) is 0 Å². The van der Waals surface area contributed by atoms with Crippen molar-refractivity contribution in [1.29, 1.82) is 0 Å². The first-order chi connectivity index (χ1) is 12.4. The van der Waals surface area contributed by atoms with Crippen molar-refractivity contribution in [3.63, 3.8) is 0 Å². The molecule has 6 nitrogen and oxygen atoms in total. The molecule has 1 amide bonds. The summed E-state index contributed by atoms with van der Waals surface area (Å²) in [5.74, 6) is -0.312. The van der Waals surface area contributed by atoms with Gasteiger partial charge in [0.05, 0.1) is 16.9 Å². The van der Waals surface area contributed by atoms with Gasteiger partial charge in [-0.1, -0.05) is 6.07 Å². The normalized spacial score (nSPS) is 11.9. The number of halogens is 1. The van der Waals surface area contributed by atoms with Crippen LogP contribution < -0.4 is 15.6 Å². The SMILES string of the molecule is C[C@H](COc1cccc(F)c1)NC(=O)c1ccc2c(=O)[nH]c(=S)[nH]c2c1. The highest BCUT2D eigenvalue weighted by Gasteiger charge is 2.12. The first-order valence-corrected chi connectivity index (χ1v) is 8.29. The Kier molecular flexibility index (Phi) is 5.13. The molecule has 0 unspecified atom stereocenters. The third kappa shape index (κ3) is 4.15. The van der Waals surface area contributed by atoms with E-state index >= 15 is 0 Å². The van der Waals surface area contributed by atoms with Gasteiger partial charge in [-0.05, 0) is 49.5 Å². The third-order valence-corrected chi connectivity index (χ3v) is 3.88. The van der Waals surface area contributed by atoms with Gasteiger partial charge in [-0.25, -0.2) is 4.39 Å². The van der Waals surface area contributed by atoms with Gasteiger partial charge >= 0.3 is 0 Å². The summed E-state index contributed by atoms with van der Waals surface area (Å²) in [6.45, 7) is 1.96. The summed E-state index contributed by atoms with van der Waals surface area (Å²) in [4.78, 5) is 29.5. The van der Waals surface area contributed by atoms with Crippen LogP contribution in [0.3, 0.4) is 0 Å². The number of nitrogens with one attached hydrogen (secondary N) is 3. The van der Waals surface area contributed by atoms with Crippen LogP contribution in [0.5, 0.6) is 5.75 Å². The lowest BCUT2D eigenvalue weighted by Gasteiger charge is -2.15. The molecule has 0 saturated heterocycles. The van der Waals surface area contributed by atoms with Gasteiger partial charge in [-0.3, -0.25) is 14.6 Å². The number of hydrogen-bond acceptors (Lipinski definition) is 4. The maximum absolute atomic E-state index is 13.1. The molecule has 0 aliphatic rings. The fraction of sp³-hybridized carbons (Fsp3) is 0.167. The quantitative estimate of drug-likeness (QED) is 0.600. The summed E-state index contributed by atoms with van der Waals surface area (Å²) in [5.41, 5.74) is 0.550. The molecule has 0 spiro atoms. The minimum Gasteiger partial charge on any atom is -0.491 e. The molecule has 1 atom stereocenters. The zero-order valence-electron chi connectivity index (χ0n) is 13.8. The smallest absolute Gasteiger partial charge is 0.259 e. The number of fused-ring (bicyclic) bond motifs is 1. The molecule has 8 heteroatoms. The average molecular weight is 373 g/mol. The summed E-state index contributed by atoms with van der Waals surface area (Å²) in [6.07, 6.45) is 0. The number of hydrogen-bond donors (Lipinski definition) is 3. The Bertz CT molecular complexity index is 1080. The van der Waals surface area contributed by atoms with E-state index in [1.54, 1.807) is 37.3 Å². The van der Waals surface area contributed by atoms with E-state index < -0.39 is 0 Å². The highest BCUT2D eigenvalue weighted by Crippen LogP contribution is 2.13. The van der Waals surface area contributed by atoms with Crippen molar-refractivity contribution >= 4 is 29.0 Å². The lowest BCUT2D eigenvalue weighted by atomic mass is 10.1. The Hall–Kier alpha value is -3.00. The molecular weight excluding hydrogens is 357 g/mol. The topological polar surface area (TPSA) is 87.0 Å². The number of ether oxygens (including phenoxy) is 1. The van der Waals surface area contributed by atoms with E-state index in [9.17, 15) is 14.0 Å². The van der Waals surface area contributed by atoms with Crippen molar-refractivity contribution in [2.45, 2.75) is 13.0 Å². The molecule has 0 fully saturated rings. The molecule has 26 heavy (non-hydrogen) atoms. The molecule has 3 aromatic rings. The Morgan fingerprint density at radius 3 is 2.85 bits per heavy atom. The van der Waals surface area contributed by atoms with E-state index in [1.807, 2.05) is 0 Å². The molecule has 0 aliphatic heterocycles. The second-order valence-corrected chi connectivity index (χ2v) is 6.22. The van der Waals surface area contributed by atoms with Crippen LogP contribution in [-0.2, 0) is 0 Å². The highest BCUT2D eigenvalue weighted by molar-refractivity contribution is 7.71. The number of benzene rings is 2. The van der Waals surface area contributed by atoms with Crippen LogP contribution in [-0.4, -0.2) is 28.5 Å². The molecule has 1 heterocycles. The van der Waals surface area contributed by atoms with Crippen LogP contribution in [0.2, 0.25) is 0 Å². The summed E-state index contributed by atoms with van der Waals surface area (Å²) in [7, 11) is 0. The summed E-state index contributed by atoms with van der Waals surface area (Å²) < 4.78 is 18.8. The Balaban J connectivity index is 1.68. The predicted octanol–water partition coefficient (Wildman–Crippen LogP) is 2.92. The van der Waals surface area contributed by atoms with E-state index in [2.05, 4.69) is 15.3 Å². The van der Waals surface area contributed by atoms with Crippen molar-refractivity contribution in [3.8, 4) is 5.75 Å². The lowest BCUT2D eigenvalue weighted by molar-refractivity contribution is 0.0926. The van der Waals surface area contributed by atoms with Crippen LogP contribution in [0, 0.1) is 10.6 Å². The van der Waals surface area contributed by atoms with Crippen molar-refractivity contribution in [2.75, 3.05) is 6.61 Å². The van der Waals surface area contributed by atoms with E-state index in [-0.39, 0.29) is 34.7 Å². The van der Waals surface area contributed by atoms with Crippen LogP contribution in [0.4, 0.5) is 4.39 Å². The minimum absolute atomic E-state index is 0.185. The van der Waals surface area contributed by atoms with Gasteiger partial charge in [0.15, 0.2) is 4.77 Å². The highest BCUT2D eigenvalue weighted by atomic mass is 32.1. The summed E-state index contributed by atoms with van der Waals surface area (Å²) in [5, 5.41) is 3.21. The van der Waals surface area contributed by atoms with Gasteiger partial charge in [0.25, 0.3) is 11.5 Å². The minimum atomic E-state index is -0.386. The average Bonchev–Trinajstić information content (AvgIpc) is 2.59. The first kappa shape index (κ1) is 17.8. The Labute approximate surface area is 153 Å². The molecule has 134 valence electrons. The fourth-order valence-corrected chi connectivity index (χ4v) is 2.64. The first-order valence-electron chi connectivity index (χ1n) is 7.88. The largest absolute Gasteiger partial charge is 0.491 e. The van der Waals surface area contributed by atoms with Crippen molar-refractivity contribution < 1.29 is 13.9 Å². The number of aromatic nitrogens is 2. The Morgan fingerprint density at radius 1 is 1.27 bits per heavy atom. The lowest BCUT2D eigenvalue weighted by Crippen LogP contribution is -2.36. The molecular formula is C18H16FN3O3S. The maximum Gasteiger partial charge on any atom is 0.259 e. The van der Waals surface area contributed by atoms with Crippen molar-refractivity contribution in [3.05, 3.63) is 69.0 Å². The fourth-order valence-electron chi connectivity index (χ4n) is 2.44. The van der Waals surface area contributed by atoms with Crippen LogP contribution in [0.25, 0.3) is 10.9 Å². The van der Waals surface area contributed by atoms with Gasteiger partial charge in [-0.2, -0.15) is 0 Å². The zero-order chi connectivity index (χ0) is 18.7. The molecule has 0 aliphatic carbocycles. The van der Waals surface area contributed by atoms with Gasteiger partial charge < -0.3 is 15.0 Å². The van der Waals surface area contributed by atoms with Gasteiger partial charge in [-0.15, -0.1) is 0 Å². The molecule has 0 saturated carbocycles. The number of carbonyl (C=O) groups is 1. The maximum atomic E-state index is 13.1. The van der Waals surface area contributed by atoms with Crippen LogP contribution in [0.15, 0.2) is 47.3 Å². The van der Waals surface area contributed by atoms with E-state index in [4.69, 9.17) is 17.0 Å². The molecule has 3 N–H and O–H groups in total. The molecule has 0 bridgehead atoms. The second kappa shape index (κ2) is 7.49. The number of rotatable bonds is 5. The van der Waals surface area contributed by atoms with Gasteiger partial charge in [0.1, 0.15) is 18.2 Å². The summed E-state index contributed by atoms with van der Waals surface area (Å²) >= 11 is 4.94. The van der Waals surface area contributed by atoms with Crippen molar-refractivity contribution in [2.24, 2.45) is 0 Å².